The molecule has 1 aromatic rings. The molecule has 1 N–H and O–H groups in total. The van der Waals surface area contributed by atoms with Gasteiger partial charge in [0.2, 0.25) is 0 Å². The van der Waals surface area contributed by atoms with Crippen molar-refractivity contribution in [3.63, 3.8) is 0 Å². The molecular formula is C7H11ClN2O2. The number of carbonyl (C=O) groups excluding carboxylic acids is 1. The normalized spacial score (nSPS) is 8.75. The molecule has 0 aliphatic rings. The summed E-state index contributed by atoms with van der Waals surface area (Å²) in [6.45, 7) is 2.21. The van der Waals surface area contributed by atoms with Crippen molar-refractivity contribution < 1.29 is 9.53 Å². The highest BCUT2D eigenvalue weighted by Crippen LogP contribution is 1.96. The molecule has 4 nitrogen and oxygen atoms in total. The van der Waals surface area contributed by atoms with Crippen LogP contribution >= 0.6 is 12.4 Å². The Bertz CT molecular complexity index is 223. The number of nitrogens with zero attached hydrogens (tertiary/aromatic N) is 1. The monoisotopic (exact) mass is 190 g/mol. The van der Waals surface area contributed by atoms with E-state index >= 15 is 0 Å². The SMILES string of the molecule is CCOC(=O)Cc1cn[nH]c1.Cl. The molecule has 0 fully saturated rings. The van der Waals surface area contributed by atoms with E-state index in [1.165, 1.54) is 0 Å². The first-order valence-corrected chi connectivity index (χ1v) is 3.46. The maximum Gasteiger partial charge on any atom is 0.310 e. The number of rotatable bonds is 3. The Labute approximate surface area is 76.7 Å². The van der Waals surface area contributed by atoms with Crippen molar-refractivity contribution in [2.24, 2.45) is 0 Å². The number of hydrogen-bond acceptors (Lipinski definition) is 3. The molecule has 0 aliphatic carbocycles. The molecule has 12 heavy (non-hydrogen) atoms. The average Bonchev–Trinajstić information content (AvgIpc) is 2.40. The minimum Gasteiger partial charge on any atom is -0.466 e. The zero-order valence-corrected chi connectivity index (χ0v) is 7.56. The number of halogens is 1. The Hall–Kier alpha value is -1.03. The fourth-order valence-electron chi connectivity index (χ4n) is 0.753. The molecule has 0 atom stereocenters. The second-order valence-electron chi connectivity index (χ2n) is 2.09. The Morgan fingerprint density at radius 3 is 3.00 bits per heavy atom. The molecule has 0 spiro atoms. The van der Waals surface area contributed by atoms with Gasteiger partial charge >= 0.3 is 5.97 Å². The quantitative estimate of drug-likeness (QED) is 0.722. The molecule has 1 aromatic heterocycles. The first kappa shape index (κ1) is 11.0. The van der Waals surface area contributed by atoms with E-state index < -0.39 is 0 Å². The van der Waals surface area contributed by atoms with Crippen molar-refractivity contribution >= 4 is 18.4 Å². The summed E-state index contributed by atoms with van der Waals surface area (Å²) in [5, 5.41) is 6.32. The van der Waals surface area contributed by atoms with Crippen LogP contribution in [0, 0.1) is 0 Å². The summed E-state index contributed by atoms with van der Waals surface area (Å²) in [5.74, 6) is -0.214. The Morgan fingerprint density at radius 2 is 2.50 bits per heavy atom. The van der Waals surface area contributed by atoms with Crippen molar-refractivity contribution in [2.45, 2.75) is 13.3 Å². The third-order valence-electron chi connectivity index (χ3n) is 1.21. The summed E-state index contributed by atoms with van der Waals surface area (Å²) < 4.78 is 4.73. The van der Waals surface area contributed by atoms with Gasteiger partial charge in [0.05, 0.1) is 19.2 Å². The fourth-order valence-corrected chi connectivity index (χ4v) is 0.753. The zero-order chi connectivity index (χ0) is 8.10. The zero-order valence-electron chi connectivity index (χ0n) is 6.74. The van der Waals surface area contributed by atoms with Gasteiger partial charge in [-0.3, -0.25) is 9.89 Å². The third kappa shape index (κ3) is 3.39. The number of aromatic amines is 1. The van der Waals surface area contributed by atoms with Crippen LogP contribution in [0.3, 0.4) is 0 Å². The van der Waals surface area contributed by atoms with Crippen LogP contribution in [0.15, 0.2) is 12.4 Å². The van der Waals surface area contributed by atoms with Crippen LogP contribution in [-0.4, -0.2) is 22.8 Å². The van der Waals surface area contributed by atoms with Crippen LogP contribution in [0.1, 0.15) is 12.5 Å². The molecule has 68 valence electrons. The second kappa shape index (κ2) is 5.60. The number of esters is 1. The summed E-state index contributed by atoms with van der Waals surface area (Å²) >= 11 is 0. The predicted molar refractivity (Wildman–Crippen MR) is 46.2 cm³/mol. The molecule has 0 saturated carbocycles. The lowest BCUT2D eigenvalue weighted by molar-refractivity contribution is -0.142. The van der Waals surface area contributed by atoms with Crippen molar-refractivity contribution in [1.29, 1.82) is 0 Å². The van der Waals surface area contributed by atoms with E-state index in [-0.39, 0.29) is 18.4 Å². The second-order valence-corrected chi connectivity index (χ2v) is 2.09. The third-order valence-corrected chi connectivity index (χ3v) is 1.21. The molecule has 0 radical (unpaired) electrons. The van der Waals surface area contributed by atoms with Gasteiger partial charge in [-0.1, -0.05) is 0 Å². The lowest BCUT2D eigenvalue weighted by atomic mass is 10.3. The van der Waals surface area contributed by atoms with E-state index in [2.05, 4.69) is 10.2 Å². The minimum absolute atomic E-state index is 0. The first-order valence-electron chi connectivity index (χ1n) is 3.46. The maximum atomic E-state index is 10.8. The number of hydrogen-bond donors (Lipinski definition) is 1. The Morgan fingerprint density at radius 1 is 1.75 bits per heavy atom. The van der Waals surface area contributed by atoms with E-state index in [1.807, 2.05) is 0 Å². The Balaban J connectivity index is 0.00000121. The van der Waals surface area contributed by atoms with Gasteiger partial charge in [0.1, 0.15) is 0 Å². The van der Waals surface area contributed by atoms with Crippen LogP contribution in [-0.2, 0) is 16.0 Å². The van der Waals surface area contributed by atoms with Gasteiger partial charge < -0.3 is 4.74 Å². The van der Waals surface area contributed by atoms with E-state index in [0.717, 1.165) is 5.56 Å². The molecule has 0 amide bonds. The van der Waals surface area contributed by atoms with Gasteiger partial charge in [-0.25, -0.2) is 0 Å². The summed E-state index contributed by atoms with van der Waals surface area (Å²) in [6.07, 6.45) is 3.58. The van der Waals surface area contributed by atoms with E-state index in [9.17, 15) is 4.79 Å². The Kier molecular flexibility index (Phi) is 5.12. The smallest absolute Gasteiger partial charge is 0.310 e. The molecule has 0 saturated heterocycles. The van der Waals surface area contributed by atoms with E-state index in [0.29, 0.717) is 13.0 Å². The average molecular weight is 191 g/mol. The fraction of sp³-hybridized carbons (Fsp3) is 0.429. The molecule has 0 bridgehead atoms. The highest BCUT2D eigenvalue weighted by molar-refractivity contribution is 5.85. The molecule has 0 unspecified atom stereocenters. The van der Waals surface area contributed by atoms with Crippen LogP contribution in [0.4, 0.5) is 0 Å². The lowest BCUT2D eigenvalue weighted by Gasteiger charge is -1.97. The molecule has 5 heteroatoms. The summed E-state index contributed by atoms with van der Waals surface area (Å²) in [6, 6.07) is 0. The van der Waals surface area contributed by atoms with Crippen LogP contribution in [0.25, 0.3) is 0 Å². The van der Waals surface area contributed by atoms with Crippen LogP contribution in [0.2, 0.25) is 0 Å². The number of carbonyl (C=O) groups is 1. The molecule has 1 heterocycles. The first-order chi connectivity index (χ1) is 5.33. The maximum absolute atomic E-state index is 10.8. The minimum atomic E-state index is -0.214. The number of H-pyrrole nitrogens is 1. The summed E-state index contributed by atoms with van der Waals surface area (Å²) in [5.41, 5.74) is 0.850. The van der Waals surface area contributed by atoms with Crippen molar-refractivity contribution in [3.8, 4) is 0 Å². The van der Waals surface area contributed by atoms with Gasteiger partial charge in [0.15, 0.2) is 0 Å². The predicted octanol–water partition coefficient (Wildman–Crippen LogP) is 0.937. The van der Waals surface area contributed by atoms with Crippen molar-refractivity contribution in [2.75, 3.05) is 6.61 Å². The molecule has 1 rings (SSSR count). The van der Waals surface area contributed by atoms with Crippen LogP contribution in [0.5, 0.6) is 0 Å². The van der Waals surface area contributed by atoms with Crippen molar-refractivity contribution in [1.82, 2.24) is 10.2 Å². The van der Waals surface area contributed by atoms with Gasteiger partial charge in [-0.05, 0) is 6.92 Å². The van der Waals surface area contributed by atoms with E-state index in [1.54, 1.807) is 19.3 Å². The number of ether oxygens (including phenoxy) is 1. The standard InChI is InChI=1S/C7H10N2O2.ClH/c1-2-11-7(10)3-6-4-8-9-5-6;/h4-5H,2-3H2,1H3,(H,8,9);1H. The summed E-state index contributed by atoms with van der Waals surface area (Å²) in [4.78, 5) is 10.8. The topological polar surface area (TPSA) is 55.0 Å². The number of nitrogens with one attached hydrogen (secondary N) is 1. The molecular weight excluding hydrogens is 180 g/mol. The molecule has 0 aromatic carbocycles. The van der Waals surface area contributed by atoms with Gasteiger partial charge in [-0.15, -0.1) is 12.4 Å². The van der Waals surface area contributed by atoms with Gasteiger partial charge in [0, 0.05) is 11.8 Å². The van der Waals surface area contributed by atoms with E-state index in [4.69, 9.17) is 4.74 Å². The lowest BCUT2D eigenvalue weighted by Crippen LogP contribution is -2.06. The largest absolute Gasteiger partial charge is 0.466 e. The molecule has 0 aliphatic heterocycles. The highest BCUT2D eigenvalue weighted by atomic mass is 35.5. The number of aromatic nitrogens is 2. The van der Waals surface area contributed by atoms with Gasteiger partial charge in [0.25, 0.3) is 0 Å². The highest BCUT2D eigenvalue weighted by Gasteiger charge is 2.03. The van der Waals surface area contributed by atoms with Crippen molar-refractivity contribution in [3.05, 3.63) is 18.0 Å². The van der Waals surface area contributed by atoms with Gasteiger partial charge in [-0.2, -0.15) is 5.10 Å². The summed E-state index contributed by atoms with van der Waals surface area (Å²) in [7, 11) is 0. The van der Waals surface area contributed by atoms with Crippen LogP contribution < -0.4 is 0 Å².